The number of piperidine rings is 1. The first-order valence-corrected chi connectivity index (χ1v) is 12.7. The summed E-state index contributed by atoms with van der Waals surface area (Å²) in [5.41, 5.74) is 0.769. The van der Waals surface area contributed by atoms with E-state index in [0.717, 1.165) is 0 Å². The van der Waals surface area contributed by atoms with Crippen LogP contribution in [0.5, 0.6) is 0 Å². The Morgan fingerprint density at radius 1 is 1.03 bits per heavy atom. The smallest absolute Gasteiger partial charge is 0.408 e. The predicted molar refractivity (Wildman–Crippen MR) is 124 cm³/mol. The van der Waals surface area contributed by atoms with Crippen molar-refractivity contribution in [3.05, 3.63) is 47.2 Å². The molecule has 11 nitrogen and oxygen atoms in total. The molecule has 1 amide bonds. The lowest BCUT2D eigenvalue weighted by Gasteiger charge is -2.38. The zero-order chi connectivity index (χ0) is 23.9. The van der Waals surface area contributed by atoms with E-state index in [9.17, 15) is 18.0 Å². The third-order valence-electron chi connectivity index (χ3n) is 6.63. The van der Waals surface area contributed by atoms with Crippen LogP contribution < -0.4 is 10.7 Å². The number of oxazole rings is 1. The summed E-state index contributed by atoms with van der Waals surface area (Å²) in [6, 6.07) is 6.22. The molecule has 1 aromatic carbocycles. The maximum Gasteiger partial charge on any atom is 0.419 e. The molecule has 2 aliphatic heterocycles. The number of nitrogens with zero attached hydrogens (tertiary/aromatic N) is 6. The zero-order valence-corrected chi connectivity index (χ0v) is 19.6. The normalized spacial score (nSPS) is 18.5. The van der Waals surface area contributed by atoms with E-state index in [1.807, 2.05) is 4.90 Å². The number of carbonyl (C=O) groups is 1. The van der Waals surface area contributed by atoms with Gasteiger partial charge in [-0.15, -0.1) is 0 Å². The maximum absolute atomic E-state index is 13.2. The van der Waals surface area contributed by atoms with Crippen LogP contribution in [0.2, 0.25) is 0 Å². The van der Waals surface area contributed by atoms with E-state index in [2.05, 4.69) is 14.9 Å². The number of sulfonamides is 1. The summed E-state index contributed by atoms with van der Waals surface area (Å²) in [6.45, 7) is 3.07. The number of hydrogen-bond acceptors (Lipinski definition) is 8. The highest BCUT2D eigenvalue weighted by Crippen LogP contribution is 2.27. The highest BCUT2D eigenvalue weighted by Gasteiger charge is 2.35. The number of piperazine rings is 1. The van der Waals surface area contributed by atoms with E-state index in [1.54, 1.807) is 31.6 Å². The van der Waals surface area contributed by atoms with E-state index in [4.69, 9.17) is 4.42 Å². The van der Waals surface area contributed by atoms with E-state index >= 15 is 0 Å². The Labute approximate surface area is 196 Å². The third-order valence-corrected chi connectivity index (χ3v) is 8.53. The Morgan fingerprint density at radius 3 is 2.38 bits per heavy atom. The Kier molecular flexibility index (Phi) is 5.86. The van der Waals surface area contributed by atoms with Crippen LogP contribution in [0.1, 0.15) is 12.8 Å². The van der Waals surface area contributed by atoms with Gasteiger partial charge >= 0.3 is 5.76 Å². The summed E-state index contributed by atoms with van der Waals surface area (Å²) >= 11 is 0. The van der Waals surface area contributed by atoms with Crippen molar-refractivity contribution in [1.82, 2.24) is 23.7 Å². The molecular formula is C22H26N6O5S. The number of fused-ring (bicyclic) bond motifs is 1. The van der Waals surface area contributed by atoms with Crippen LogP contribution in [-0.2, 0) is 21.9 Å². The summed E-state index contributed by atoms with van der Waals surface area (Å²) < 4.78 is 34.2. The second-order valence-electron chi connectivity index (χ2n) is 8.60. The lowest BCUT2D eigenvalue weighted by molar-refractivity contribution is -0.137. The van der Waals surface area contributed by atoms with Gasteiger partial charge in [0, 0.05) is 70.7 Å². The average molecular weight is 487 g/mol. The lowest BCUT2D eigenvalue weighted by Crippen LogP contribution is -2.52. The first-order chi connectivity index (χ1) is 16.3. The van der Waals surface area contributed by atoms with Crippen LogP contribution >= 0.6 is 0 Å². The van der Waals surface area contributed by atoms with E-state index in [0.29, 0.717) is 50.5 Å². The quantitative estimate of drug-likeness (QED) is 0.528. The second-order valence-corrected chi connectivity index (χ2v) is 10.5. The van der Waals surface area contributed by atoms with Crippen molar-refractivity contribution in [2.45, 2.75) is 17.7 Å². The minimum atomic E-state index is -3.75. The fourth-order valence-corrected chi connectivity index (χ4v) is 6.09. The number of aryl methyl sites for hydroxylation is 1. The van der Waals surface area contributed by atoms with Gasteiger partial charge in [0.15, 0.2) is 5.58 Å². The van der Waals surface area contributed by atoms with Gasteiger partial charge in [-0.1, -0.05) is 0 Å². The zero-order valence-electron chi connectivity index (χ0n) is 18.8. The molecule has 2 fully saturated rings. The minimum absolute atomic E-state index is 0.0816. The summed E-state index contributed by atoms with van der Waals surface area (Å²) in [6.07, 6.45) is 4.36. The molecule has 0 N–H and O–H groups in total. The lowest BCUT2D eigenvalue weighted by atomic mass is 9.96. The minimum Gasteiger partial charge on any atom is -0.408 e. The largest absolute Gasteiger partial charge is 0.419 e. The Morgan fingerprint density at radius 2 is 1.71 bits per heavy atom. The van der Waals surface area contributed by atoms with Crippen molar-refractivity contribution in [3.8, 4) is 0 Å². The van der Waals surface area contributed by atoms with Gasteiger partial charge in [0.1, 0.15) is 0 Å². The summed E-state index contributed by atoms with van der Waals surface area (Å²) in [7, 11) is -2.18. The van der Waals surface area contributed by atoms with E-state index < -0.39 is 15.8 Å². The van der Waals surface area contributed by atoms with Crippen LogP contribution in [0.4, 0.5) is 5.95 Å². The number of hydrogen-bond donors (Lipinski definition) is 0. The second kappa shape index (κ2) is 8.84. The topological polar surface area (TPSA) is 122 Å². The Bertz CT molecular complexity index is 1350. The molecule has 0 saturated carbocycles. The molecule has 5 rings (SSSR count). The van der Waals surface area contributed by atoms with Crippen LogP contribution in [0.3, 0.4) is 0 Å². The summed E-state index contributed by atoms with van der Waals surface area (Å²) in [4.78, 5) is 37.3. The number of rotatable bonds is 4. The van der Waals surface area contributed by atoms with Crippen LogP contribution in [0, 0.1) is 5.92 Å². The van der Waals surface area contributed by atoms with Crippen molar-refractivity contribution >= 4 is 33.0 Å². The van der Waals surface area contributed by atoms with Crippen LogP contribution in [0.25, 0.3) is 11.1 Å². The van der Waals surface area contributed by atoms with Gasteiger partial charge in [0.25, 0.3) is 0 Å². The highest BCUT2D eigenvalue weighted by molar-refractivity contribution is 7.89. The van der Waals surface area contributed by atoms with Gasteiger partial charge < -0.3 is 14.2 Å². The van der Waals surface area contributed by atoms with Crippen LogP contribution in [0.15, 0.2) is 50.8 Å². The number of carbonyl (C=O) groups excluding carboxylic acids is 1. The van der Waals surface area contributed by atoms with Crippen LogP contribution in [-0.4, -0.2) is 77.3 Å². The van der Waals surface area contributed by atoms with Crippen molar-refractivity contribution in [1.29, 1.82) is 0 Å². The molecule has 0 bridgehead atoms. The van der Waals surface area contributed by atoms with Crippen molar-refractivity contribution in [2.24, 2.45) is 13.0 Å². The van der Waals surface area contributed by atoms with Gasteiger partial charge in [-0.2, -0.15) is 4.31 Å². The van der Waals surface area contributed by atoms with Crippen molar-refractivity contribution in [2.75, 3.05) is 44.2 Å². The molecule has 3 aromatic rings. The molecule has 34 heavy (non-hydrogen) atoms. The molecule has 0 spiro atoms. The monoisotopic (exact) mass is 486 g/mol. The van der Waals surface area contributed by atoms with Gasteiger partial charge in [-0.05, 0) is 31.0 Å². The SMILES string of the molecule is Cn1c(=O)oc2cc(S(=O)(=O)N3CCC(C(=O)N4CCN(c5ncccn5)CC4)CC3)ccc21. The molecule has 0 atom stereocenters. The van der Waals surface area contributed by atoms with Crippen molar-refractivity contribution < 1.29 is 17.6 Å². The number of aromatic nitrogens is 3. The number of anilines is 1. The average Bonchev–Trinajstić information content (AvgIpc) is 3.17. The molecule has 2 saturated heterocycles. The number of amides is 1. The van der Waals surface area contributed by atoms with Gasteiger partial charge in [-0.3, -0.25) is 9.36 Å². The fourth-order valence-electron chi connectivity index (χ4n) is 4.61. The molecule has 12 heteroatoms. The molecule has 0 radical (unpaired) electrons. The molecular weight excluding hydrogens is 460 g/mol. The predicted octanol–water partition coefficient (Wildman–Crippen LogP) is 0.671. The summed E-state index contributed by atoms with van der Waals surface area (Å²) in [5.74, 6) is 0.0147. The molecule has 2 aliphatic rings. The number of benzene rings is 1. The molecule has 0 aliphatic carbocycles. The van der Waals surface area contributed by atoms with Gasteiger partial charge in [0.05, 0.1) is 10.4 Å². The first kappa shape index (κ1) is 22.5. The third kappa shape index (κ3) is 4.07. The van der Waals surface area contributed by atoms with Gasteiger partial charge in [-0.25, -0.2) is 23.2 Å². The fraction of sp³-hybridized carbons (Fsp3) is 0.455. The van der Waals surface area contributed by atoms with Crippen molar-refractivity contribution in [3.63, 3.8) is 0 Å². The standard InChI is InChI=1S/C22H26N6O5S/c1-25-18-4-3-17(15-19(18)33-22(25)30)34(31,32)28-9-5-16(6-10-28)20(29)26-11-13-27(14-12-26)21-23-7-2-8-24-21/h2-4,7-8,15-16H,5-6,9-14H2,1H3. The van der Waals surface area contributed by atoms with Gasteiger partial charge in [0.2, 0.25) is 21.9 Å². The molecule has 4 heterocycles. The molecule has 180 valence electrons. The Hall–Kier alpha value is -3.25. The van der Waals surface area contributed by atoms with E-state index in [-0.39, 0.29) is 35.4 Å². The molecule has 2 aromatic heterocycles. The Balaban J connectivity index is 1.20. The molecule has 0 unspecified atom stereocenters. The summed E-state index contributed by atoms with van der Waals surface area (Å²) in [5, 5.41) is 0. The first-order valence-electron chi connectivity index (χ1n) is 11.2. The van der Waals surface area contributed by atoms with E-state index in [1.165, 1.54) is 21.0 Å². The highest BCUT2D eigenvalue weighted by atomic mass is 32.2. The maximum atomic E-state index is 13.2.